The van der Waals surface area contributed by atoms with Gasteiger partial charge in [-0.25, -0.2) is 0 Å². The van der Waals surface area contributed by atoms with Gasteiger partial charge in [0.15, 0.2) is 5.76 Å². The number of hydrogen-bond donors (Lipinski definition) is 1. The van der Waals surface area contributed by atoms with E-state index in [1.807, 2.05) is 0 Å². The van der Waals surface area contributed by atoms with Crippen LogP contribution in [0, 0.1) is 6.92 Å². The first-order valence-electron chi connectivity index (χ1n) is 7.61. The Balaban J connectivity index is 1.69. The lowest BCUT2D eigenvalue weighted by Gasteiger charge is -2.35. The number of piperazine rings is 1. The van der Waals surface area contributed by atoms with Crippen molar-refractivity contribution in [3.63, 3.8) is 0 Å². The summed E-state index contributed by atoms with van der Waals surface area (Å²) in [7, 11) is 0. The van der Waals surface area contributed by atoms with Crippen LogP contribution in [0.3, 0.4) is 0 Å². The van der Waals surface area contributed by atoms with Gasteiger partial charge in [0.1, 0.15) is 5.69 Å². The molecule has 3 rings (SSSR count). The first-order chi connectivity index (χ1) is 10.1. The highest BCUT2D eigenvalue weighted by Gasteiger charge is 2.22. The third-order valence-electron chi connectivity index (χ3n) is 3.92. The van der Waals surface area contributed by atoms with Crippen molar-refractivity contribution < 1.29 is 4.52 Å². The van der Waals surface area contributed by atoms with Crippen LogP contribution in [0.5, 0.6) is 0 Å². The quantitative estimate of drug-likeness (QED) is 0.941. The Kier molecular flexibility index (Phi) is 4.08. The summed E-state index contributed by atoms with van der Waals surface area (Å²) in [6.45, 7) is 9.46. The Labute approximate surface area is 126 Å². The van der Waals surface area contributed by atoms with Crippen LogP contribution in [0.25, 0.3) is 11.3 Å². The Bertz CT molecular complexity index is 580. The first kappa shape index (κ1) is 14.3. The fourth-order valence-electron chi connectivity index (χ4n) is 3.04. The number of aryl methyl sites for hydroxylation is 1. The third kappa shape index (κ3) is 3.52. The summed E-state index contributed by atoms with van der Waals surface area (Å²) in [5.74, 6) is 0.937. The first-order valence-corrected chi connectivity index (χ1v) is 7.61. The summed E-state index contributed by atoms with van der Waals surface area (Å²) in [5.41, 5.74) is 3.28. The molecule has 0 aliphatic carbocycles. The maximum absolute atomic E-state index is 5.51. The summed E-state index contributed by atoms with van der Waals surface area (Å²) < 4.78 is 5.51. The molecule has 1 N–H and O–H groups in total. The summed E-state index contributed by atoms with van der Waals surface area (Å²) in [4.78, 5) is 2.42. The van der Waals surface area contributed by atoms with E-state index in [1.165, 1.54) is 5.56 Å². The number of benzene rings is 1. The van der Waals surface area contributed by atoms with Crippen molar-refractivity contribution >= 4 is 0 Å². The van der Waals surface area contributed by atoms with Gasteiger partial charge in [0.2, 0.25) is 0 Å². The van der Waals surface area contributed by atoms with Crippen molar-refractivity contribution in [2.24, 2.45) is 0 Å². The molecular weight excluding hydrogens is 262 g/mol. The summed E-state index contributed by atoms with van der Waals surface area (Å²) in [6.07, 6.45) is 0. The molecule has 1 fully saturated rings. The fourth-order valence-corrected chi connectivity index (χ4v) is 3.04. The summed E-state index contributed by atoms with van der Waals surface area (Å²) >= 11 is 0. The van der Waals surface area contributed by atoms with Gasteiger partial charge in [-0.15, -0.1) is 0 Å². The Morgan fingerprint density at radius 1 is 1.19 bits per heavy atom. The normalized spacial score (nSPS) is 23.4. The predicted octanol–water partition coefficient (Wildman–Crippen LogP) is 2.83. The Morgan fingerprint density at radius 3 is 2.52 bits per heavy atom. The SMILES string of the molecule is Cc1ccc(-c2cc(CN3CC(C)NC(C)C3)on2)cc1. The minimum Gasteiger partial charge on any atom is -0.359 e. The number of rotatable bonds is 3. The molecule has 0 saturated carbocycles. The molecule has 1 aromatic carbocycles. The highest BCUT2D eigenvalue weighted by atomic mass is 16.5. The van der Waals surface area contributed by atoms with Crippen LogP contribution in [-0.4, -0.2) is 35.2 Å². The molecule has 0 radical (unpaired) electrons. The minimum atomic E-state index is 0.522. The molecule has 2 unspecified atom stereocenters. The van der Waals surface area contributed by atoms with Crippen molar-refractivity contribution in [3.8, 4) is 11.3 Å². The molecule has 2 aromatic rings. The van der Waals surface area contributed by atoms with Gasteiger partial charge in [0.25, 0.3) is 0 Å². The van der Waals surface area contributed by atoms with Gasteiger partial charge in [-0.1, -0.05) is 35.0 Å². The second kappa shape index (κ2) is 6.00. The maximum Gasteiger partial charge on any atom is 0.151 e. The van der Waals surface area contributed by atoms with Crippen LogP contribution in [0.4, 0.5) is 0 Å². The van der Waals surface area contributed by atoms with Crippen molar-refractivity contribution in [2.75, 3.05) is 13.1 Å². The van der Waals surface area contributed by atoms with E-state index in [9.17, 15) is 0 Å². The molecule has 21 heavy (non-hydrogen) atoms. The molecule has 0 spiro atoms. The van der Waals surface area contributed by atoms with Gasteiger partial charge < -0.3 is 9.84 Å². The van der Waals surface area contributed by atoms with Crippen LogP contribution < -0.4 is 5.32 Å². The Morgan fingerprint density at radius 2 is 1.86 bits per heavy atom. The summed E-state index contributed by atoms with van der Waals surface area (Å²) in [6, 6.07) is 11.5. The van der Waals surface area contributed by atoms with Crippen LogP contribution >= 0.6 is 0 Å². The van der Waals surface area contributed by atoms with Crippen molar-refractivity contribution in [1.29, 1.82) is 0 Å². The van der Waals surface area contributed by atoms with Crippen LogP contribution in [0.1, 0.15) is 25.2 Å². The molecule has 2 heterocycles. The van der Waals surface area contributed by atoms with Crippen molar-refractivity contribution in [3.05, 3.63) is 41.7 Å². The number of nitrogens with zero attached hydrogens (tertiary/aromatic N) is 2. The number of hydrogen-bond acceptors (Lipinski definition) is 4. The topological polar surface area (TPSA) is 41.3 Å². The largest absolute Gasteiger partial charge is 0.359 e. The molecule has 1 saturated heterocycles. The van der Waals surface area contributed by atoms with E-state index in [-0.39, 0.29) is 0 Å². The number of aromatic nitrogens is 1. The fraction of sp³-hybridized carbons (Fsp3) is 0.471. The van der Waals surface area contributed by atoms with E-state index in [1.54, 1.807) is 0 Å². The molecule has 0 amide bonds. The molecule has 1 aliphatic heterocycles. The average molecular weight is 285 g/mol. The van der Waals surface area contributed by atoms with Gasteiger partial charge in [-0.3, -0.25) is 4.90 Å². The highest BCUT2D eigenvalue weighted by molar-refractivity contribution is 5.59. The van der Waals surface area contributed by atoms with Gasteiger partial charge >= 0.3 is 0 Å². The molecule has 4 nitrogen and oxygen atoms in total. The van der Waals surface area contributed by atoms with E-state index < -0.39 is 0 Å². The van der Waals surface area contributed by atoms with Crippen LogP contribution in [-0.2, 0) is 6.54 Å². The van der Waals surface area contributed by atoms with Crippen molar-refractivity contribution in [2.45, 2.75) is 39.4 Å². The maximum atomic E-state index is 5.51. The minimum absolute atomic E-state index is 0.522. The highest BCUT2D eigenvalue weighted by Crippen LogP contribution is 2.21. The second-order valence-corrected chi connectivity index (χ2v) is 6.21. The van der Waals surface area contributed by atoms with Crippen LogP contribution in [0.2, 0.25) is 0 Å². The standard InChI is InChI=1S/C17H23N3O/c1-12-4-6-15(7-5-12)17-8-16(21-19-17)11-20-9-13(2)18-14(3)10-20/h4-8,13-14,18H,9-11H2,1-3H3. The molecular formula is C17H23N3O. The number of nitrogens with one attached hydrogen (secondary N) is 1. The molecule has 1 aromatic heterocycles. The lowest BCUT2D eigenvalue weighted by Crippen LogP contribution is -2.53. The zero-order valence-electron chi connectivity index (χ0n) is 13.0. The zero-order chi connectivity index (χ0) is 14.8. The predicted molar refractivity (Wildman–Crippen MR) is 84.0 cm³/mol. The van der Waals surface area contributed by atoms with E-state index in [2.05, 4.69) is 66.5 Å². The summed E-state index contributed by atoms with van der Waals surface area (Å²) in [5, 5.41) is 7.75. The van der Waals surface area contributed by atoms with E-state index in [0.717, 1.165) is 36.7 Å². The van der Waals surface area contributed by atoms with Crippen LogP contribution in [0.15, 0.2) is 34.9 Å². The van der Waals surface area contributed by atoms with Gasteiger partial charge in [-0.05, 0) is 20.8 Å². The molecule has 112 valence electrons. The van der Waals surface area contributed by atoms with Gasteiger partial charge in [-0.2, -0.15) is 0 Å². The van der Waals surface area contributed by atoms with E-state index in [0.29, 0.717) is 12.1 Å². The molecule has 2 atom stereocenters. The monoisotopic (exact) mass is 285 g/mol. The lowest BCUT2D eigenvalue weighted by molar-refractivity contribution is 0.152. The molecule has 1 aliphatic rings. The Hall–Kier alpha value is -1.65. The average Bonchev–Trinajstić information content (AvgIpc) is 2.87. The third-order valence-corrected chi connectivity index (χ3v) is 3.92. The molecule has 0 bridgehead atoms. The second-order valence-electron chi connectivity index (χ2n) is 6.21. The van der Waals surface area contributed by atoms with E-state index >= 15 is 0 Å². The zero-order valence-corrected chi connectivity index (χ0v) is 13.0. The lowest BCUT2D eigenvalue weighted by atomic mass is 10.1. The molecule has 4 heteroatoms. The van der Waals surface area contributed by atoms with Crippen molar-refractivity contribution in [1.82, 2.24) is 15.4 Å². The van der Waals surface area contributed by atoms with Gasteiger partial charge in [0.05, 0.1) is 6.54 Å². The van der Waals surface area contributed by atoms with Gasteiger partial charge in [0, 0.05) is 36.8 Å². The smallest absolute Gasteiger partial charge is 0.151 e. The van der Waals surface area contributed by atoms with E-state index in [4.69, 9.17) is 4.52 Å².